The highest BCUT2D eigenvalue weighted by molar-refractivity contribution is 5.91. The fourth-order valence-corrected chi connectivity index (χ4v) is 4.08. The lowest BCUT2D eigenvalue weighted by molar-refractivity contribution is -0.122. The number of aromatic nitrogens is 2. The van der Waals surface area contributed by atoms with Crippen LogP contribution in [0.3, 0.4) is 0 Å². The summed E-state index contributed by atoms with van der Waals surface area (Å²) in [6.45, 7) is 5.35. The molecule has 1 saturated heterocycles. The van der Waals surface area contributed by atoms with Gasteiger partial charge in [-0.3, -0.25) is 14.5 Å². The number of nitrogens with one attached hydrogen (secondary N) is 1. The molecule has 0 unspecified atom stereocenters. The molecule has 0 radical (unpaired) electrons. The van der Waals surface area contributed by atoms with Crippen LogP contribution < -0.4 is 5.32 Å². The standard InChI is InChI=1S/C21H28N4O2.CH2O2/c1-15-17-6-2-3-7-18(17)24-20(23-15)10-11-22-21(26)19-9-8-16(27-19)14-25-12-4-5-13-25;2-1-3/h8-9H,2-7,10-14H2,1H3,(H,22,26);1H,(H,2,3). The molecule has 0 aromatic carbocycles. The molecule has 0 bridgehead atoms. The van der Waals surface area contributed by atoms with E-state index in [-0.39, 0.29) is 12.4 Å². The summed E-state index contributed by atoms with van der Waals surface area (Å²) in [4.78, 5) is 32.4. The zero-order chi connectivity index (χ0) is 21.3. The Kier molecular flexibility index (Phi) is 7.96. The van der Waals surface area contributed by atoms with Crippen LogP contribution >= 0.6 is 0 Å². The number of rotatable bonds is 6. The van der Waals surface area contributed by atoms with Crippen molar-refractivity contribution in [1.82, 2.24) is 20.2 Å². The lowest BCUT2D eigenvalue weighted by atomic mass is 9.95. The van der Waals surface area contributed by atoms with E-state index in [1.807, 2.05) is 6.07 Å². The average Bonchev–Trinajstić information content (AvgIpc) is 3.41. The van der Waals surface area contributed by atoms with E-state index >= 15 is 0 Å². The molecule has 162 valence electrons. The van der Waals surface area contributed by atoms with Gasteiger partial charge in [-0.15, -0.1) is 0 Å². The molecule has 8 heteroatoms. The lowest BCUT2D eigenvalue weighted by Gasteiger charge is -2.17. The van der Waals surface area contributed by atoms with Gasteiger partial charge in [0.25, 0.3) is 12.4 Å². The summed E-state index contributed by atoms with van der Waals surface area (Å²) in [6, 6.07) is 3.67. The second kappa shape index (κ2) is 10.9. The predicted octanol–water partition coefficient (Wildman–Crippen LogP) is 2.53. The molecule has 2 aromatic rings. The topological polar surface area (TPSA) is 109 Å². The molecule has 1 fully saturated rings. The highest BCUT2D eigenvalue weighted by atomic mass is 16.4. The van der Waals surface area contributed by atoms with Crippen molar-refractivity contribution in [2.45, 2.75) is 58.4 Å². The molecule has 2 aromatic heterocycles. The molecule has 1 aliphatic carbocycles. The third kappa shape index (κ3) is 5.89. The number of likely N-dealkylation sites (tertiary alicyclic amines) is 1. The first-order valence-corrected chi connectivity index (χ1v) is 10.6. The van der Waals surface area contributed by atoms with E-state index in [9.17, 15) is 4.79 Å². The highest BCUT2D eigenvalue weighted by Gasteiger charge is 2.17. The SMILES string of the molecule is Cc1nc(CCNC(=O)c2ccc(CN3CCCC3)o2)nc2c1CCCC2.O=CO. The van der Waals surface area contributed by atoms with Gasteiger partial charge < -0.3 is 14.8 Å². The van der Waals surface area contributed by atoms with Gasteiger partial charge in [0.15, 0.2) is 5.76 Å². The summed E-state index contributed by atoms with van der Waals surface area (Å²) in [6.07, 6.45) is 7.71. The van der Waals surface area contributed by atoms with Crippen LogP contribution in [0, 0.1) is 6.92 Å². The number of carbonyl (C=O) groups excluding carboxylic acids is 1. The summed E-state index contributed by atoms with van der Waals surface area (Å²) in [5, 5.41) is 9.82. The Morgan fingerprint density at radius 1 is 1.20 bits per heavy atom. The van der Waals surface area contributed by atoms with Gasteiger partial charge in [0.2, 0.25) is 0 Å². The molecule has 3 heterocycles. The third-order valence-corrected chi connectivity index (χ3v) is 5.53. The zero-order valence-corrected chi connectivity index (χ0v) is 17.5. The van der Waals surface area contributed by atoms with Crippen molar-refractivity contribution in [3.63, 3.8) is 0 Å². The highest BCUT2D eigenvalue weighted by Crippen LogP contribution is 2.21. The van der Waals surface area contributed by atoms with Crippen LogP contribution in [0.5, 0.6) is 0 Å². The Hall–Kier alpha value is -2.74. The minimum Gasteiger partial charge on any atom is -0.483 e. The van der Waals surface area contributed by atoms with Crippen LogP contribution in [-0.4, -0.2) is 52.0 Å². The molecule has 0 saturated carbocycles. The molecule has 2 N–H and O–H groups in total. The van der Waals surface area contributed by atoms with Gasteiger partial charge in [0, 0.05) is 24.4 Å². The van der Waals surface area contributed by atoms with Crippen molar-refractivity contribution in [1.29, 1.82) is 0 Å². The van der Waals surface area contributed by atoms with Crippen LogP contribution in [0.1, 0.15) is 64.8 Å². The van der Waals surface area contributed by atoms with Gasteiger partial charge in [0.1, 0.15) is 11.6 Å². The average molecular weight is 415 g/mol. The number of hydrogen-bond donors (Lipinski definition) is 2. The second-order valence-corrected chi connectivity index (χ2v) is 7.72. The monoisotopic (exact) mass is 414 g/mol. The Morgan fingerprint density at radius 3 is 2.70 bits per heavy atom. The van der Waals surface area contributed by atoms with Gasteiger partial charge in [0.05, 0.1) is 6.54 Å². The summed E-state index contributed by atoms with van der Waals surface area (Å²) in [5.41, 5.74) is 3.63. The van der Waals surface area contributed by atoms with Gasteiger partial charge in [-0.2, -0.15) is 0 Å². The fourth-order valence-electron chi connectivity index (χ4n) is 4.08. The number of carboxylic acid groups (broad SMARTS) is 1. The first kappa shape index (κ1) is 22.0. The van der Waals surface area contributed by atoms with Crippen molar-refractivity contribution >= 4 is 12.4 Å². The second-order valence-electron chi connectivity index (χ2n) is 7.72. The number of aryl methyl sites for hydroxylation is 2. The van der Waals surface area contributed by atoms with E-state index in [2.05, 4.69) is 22.1 Å². The van der Waals surface area contributed by atoms with Crippen LogP contribution in [0.15, 0.2) is 16.5 Å². The Balaban J connectivity index is 0.000000806. The minimum atomic E-state index is -0.250. The third-order valence-electron chi connectivity index (χ3n) is 5.53. The lowest BCUT2D eigenvalue weighted by Crippen LogP contribution is -2.26. The molecule has 0 spiro atoms. The molecule has 30 heavy (non-hydrogen) atoms. The Labute approximate surface area is 176 Å². The van der Waals surface area contributed by atoms with Gasteiger partial charge in [-0.25, -0.2) is 9.97 Å². The number of nitrogens with zero attached hydrogens (tertiary/aromatic N) is 3. The predicted molar refractivity (Wildman–Crippen MR) is 111 cm³/mol. The summed E-state index contributed by atoms with van der Waals surface area (Å²) in [7, 11) is 0. The molecular formula is C22H30N4O4. The Morgan fingerprint density at radius 2 is 1.93 bits per heavy atom. The quantitative estimate of drug-likeness (QED) is 0.699. The molecule has 1 aliphatic heterocycles. The number of amides is 1. The Bertz CT molecular complexity index is 859. The van der Waals surface area contributed by atoms with Crippen molar-refractivity contribution in [3.05, 3.63) is 46.4 Å². The molecule has 1 amide bonds. The van der Waals surface area contributed by atoms with E-state index in [4.69, 9.17) is 19.3 Å². The normalized spacial score (nSPS) is 15.8. The van der Waals surface area contributed by atoms with Gasteiger partial charge >= 0.3 is 0 Å². The summed E-state index contributed by atoms with van der Waals surface area (Å²) in [5.74, 6) is 1.89. The summed E-state index contributed by atoms with van der Waals surface area (Å²) >= 11 is 0. The van der Waals surface area contributed by atoms with Crippen molar-refractivity contribution in [2.24, 2.45) is 0 Å². The van der Waals surface area contributed by atoms with E-state index < -0.39 is 0 Å². The fraction of sp³-hybridized carbons (Fsp3) is 0.545. The molecule has 2 aliphatic rings. The first-order chi connectivity index (χ1) is 14.6. The van der Waals surface area contributed by atoms with E-state index in [1.165, 1.54) is 36.9 Å². The molecule has 0 atom stereocenters. The smallest absolute Gasteiger partial charge is 0.290 e. The van der Waals surface area contributed by atoms with Crippen LogP contribution in [0.25, 0.3) is 0 Å². The van der Waals surface area contributed by atoms with E-state index in [1.54, 1.807) is 6.07 Å². The maximum atomic E-state index is 12.3. The molecule has 8 nitrogen and oxygen atoms in total. The molecular weight excluding hydrogens is 384 g/mol. The zero-order valence-electron chi connectivity index (χ0n) is 17.5. The van der Waals surface area contributed by atoms with Gasteiger partial charge in [-0.1, -0.05) is 0 Å². The van der Waals surface area contributed by atoms with Crippen LogP contribution in [0.4, 0.5) is 0 Å². The van der Waals surface area contributed by atoms with Crippen LogP contribution in [0.2, 0.25) is 0 Å². The number of fused-ring (bicyclic) bond motifs is 1. The number of hydrogen-bond acceptors (Lipinski definition) is 6. The van der Waals surface area contributed by atoms with Crippen LogP contribution in [-0.2, 0) is 30.6 Å². The number of furan rings is 1. The maximum absolute atomic E-state index is 12.3. The van der Waals surface area contributed by atoms with E-state index in [0.29, 0.717) is 18.7 Å². The van der Waals surface area contributed by atoms with Crippen molar-refractivity contribution < 1.29 is 19.1 Å². The first-order valence-electron chi connectivity index (χ1n) is 10.6. The van der Waals surface area contributed by atoms with Gasteiger partial charge in [-0.05, 0) is 76.2 Å². The van der Waals surface area contributed by atoms with Crippen molar-refractivity contribution in [2.75, 3.05) is 19.6 Å². The maximum Gasteiger partial charge on any atom is 0.290 e. The minimum absolute atomic E-state index is 0.169. The van der Waals surface area contributed by atoms with Crippen molar-refractivity contribution in [3.8, 4) is 0 Å². The molecule has 4 rings (SSSR count). The summed E-state index contributed by atoms with van der Waals surface area (Å²) < 4.78 is 5.72. The largest absolute Gasteiger partial charge is 0.483 e. The van der Waals surface area contributed by atoms with E-state index in [0.717, 1.165) is 49.8 Å². The number of carbonyl (C=O) groups is 2.